The van der Waals surface area contributed by atoms with Crippen LogP contribution in [0.2, 0.25) is 0 Å². The molecule has 0 atom stereocenters. The third-order valence-electron chi connectivity index (χ3n) is 2.43. The van der Waals surface area contributed by atoms with Gasteiger partial charge in [-0.2, -0.15) is 0 Å². The molecule has 9 heteroatoms. The number of nitrogens with one attached hydrogen (secondary N) is 1. The number of carbonyl (C=O) groups excluding carboxylic acids is 2. The normalized spacial score (nSPS) is 10.4. The number of rotatable bonds is 4. The van der Waals surface area contributed by atoms with E-state index < -0.39 is 47.4 Å². The van der Waals surface area contributed by atoms with Gasteiger partial charge in [-0.1, -0.05) is 0 Å². The van der Waals surface area contributed by atoms with Crippen molar-refractivity contribution < 1.29 is 36.3 Å². The second-order valence-corrected chi connectivity index (χ2v) is 3.94. The molecule has 0 fully saturated rings. The van der Waals surface area contributed by atoms with Crippen molar-refractivity contribution in [1.82, 2.24) is 0 Å². The van der Waals surface area contributed by atoms with Crippen LogP contribution in [-0.4, -0.2) is 18.5 Å². The highest BCUT2D eigenvalue weighted by Gasteiger charge is 2.21. The number of amides is 1. The smallest absolute Gasteiger partial charge is 0.374 e. The van der Waals surface area contributed by atoms with Crippen molar-refractivity contribution in [2.45, 2.75) is 0 Å². The van der Waals surface area contributed by atoms with E-state index in [0.717, 1.165) is 0 Å². The van der Waals surface area contributed by atoms with Crippen molar-refractivity contribution >= 4 is 17.6 Å². The summed E-state index contributed by atoms with van der Waals surface area (Å²) in [4.78, 5) is 22.8. The molecule has 2 aromatic rings. The summed E-state index contributed by atoms with van der Waals surface area (Å²) in [5, 5.41) is 1.58. The Morgan fingerprint density at radius 3 is 2.32 bits per heavy atom. The summed E-state index contributed by atoms with van der Waals surface area (Å²) in [5.74, 6) is -9.28. The zero-order chi connectivity index (χ0) is 16.3. The van der Waals surface area contributed by atoms with E-state index in [2.05, 4.69) is 4.74 Å². The quantitative estimate of drug-likeness (QED) is 0.535. The molecule has 0 saturated heterocycles. The predicted molar refractivity (Wildman–Crippen MR) is 63.9 cm³/mol. The zero-order valence-corrected chi connectivity index (χ0v) is 10.7. The highest BCUT2D eigenvalue weighted by atomic mass is 19.2. The highest BCUT2D eigenvalue weighted by molar-refractivity contribution is 5.94. The first-order valence-corrected chi connectivity index (χ1v) is 5.73. The van der Waals surface area contributed by atoms with Gasteiger partial charge in [-0.05, 0) is 12.1 Å². The van der Waals surface area contributed by atoms with Gasteiger partial charge in [0.15, 0.2) is 29.9 Å². The molecule has 1 heterocycles. The lowest BCUT2D eigenvalue weighted by atomic mass is 10.2. The number of halogens is 4. The van der Waals surface area contributed by atoms with Gasteiger partial charge in [0.2, 0.25) is 5.76 Å². The Morgan fingerprint density at radius 1 is 1.14 bits per heavy atom. The Kier molecular flexibility index (Phi) is 4.44. The van der Waals surface area contributed by atoms with Crippen LogP contribution in [-0.2, 0) is 9.53 Å². The maximum absolute atomic E-state index is 13.3. The lowest BCUT2D eigenvalue weighted by molar-refractivity contribution is -0.119. The SMILES string of the molecule is O=C(COC(=O)c1ccco1)Nc1c(F)c(F)cc(F)c1F. The fourth-order valence-corrected chi connectivity index (χ4v) is 1.46. The van der Waals surface area contributed by atoms with Gasteiger partial charge in [0, 0.05) is 6.07 Å². The standard InChI is InChI=1S/C13H7F4NO4/c14-6-4-7(15)11(17)12(10(6)16)18-9(19)5-22-13(20)8-2-1-3-21-8/h1-4H,5H2,(H,18,19). The molecular weight excluding hydrogens is 310 g/mol. The summed E-state index contributed by atoms with van der Waals surface area (Å²) in [5.41, 5.74) is -1.31. The van der Waals surface area contributed by atoms with Crippen LogP contribution in [0.4, 0.5) is 23.2 Å². The van der Waals surface area contributed by atoms with Crippen LogP contribution < -0.4 is 5.32 Å². The van der Waals surface area contributed by atoms with Crippen molar-refractivity contribution in [2.24, 2.45) is 0 Å². The molecule has 22 heavy (non-hydrogen) atoms. The van der Waals surface area contributed by atoms with E-state index >= 15 is 0 Å². The summed E-state index contributed by atoms with van der Waals surface area (Å²) < 4.78 is 61.7. The first-order chi connectivity index (χ1) is 10.4. The highest BCUT2D eigenvalue weighted by Crippen LogP contribution is 2.24. The summed E-state index contributed by atoms with van der Waals surface area (Å²) in [6, 6.07) is 2.66. The molecule has 1 N–H and O–H groups in total. The minimum atomic E-state index is -1.77. The van der Waals surface area contributed by atoms with Crippen molar-refractivity contribution in [3.8, 4) is 0 Å². The van der Waals surface area contributed by atoms with Crippen molar-refractivity contribution in [3.63, 3.8) is 0 Å². The minimum Gasteiger partial charge on any atom is -0.457 e. The molecule has 0 unspecified atom stereocenters. The van der Waals surface area contributed by atoms with E-state index in [9.17, 15) is 27.2 Å². The Hall–Kier alpha value is -2.84. The van der Waals surface area contributed by atoms with Crippen LogP contribution in [0, 0.1) is 23.3 Å². The molecule has 1 amide bonds. The summed E-state index contributed by atoms with van der Waals surface area (Å²) in [6.45, 7) is -0.934. The maximum atomic E-state index is 13.3. The lowest BCUT2D eigenvalue weighted by Crippen LogP contribution is -2.22. The number of esters is 1. The van der Waals surface area contributed by atoms with Gasteiger partial charge in [0.25, 0.3) is 5.91 Å². The number of hydrogen-bond donors (Lipinski definition) is 1. The van der Waals surface area contributed by atoms with Gasteiger partial charge >= 0.3 is 5.97 Å². The fourth-order valence-electron chi connectivity index (χ4n) is 1.46. The first kappa shape index (κ1) is 15.5. The summed E-state index contributed by atoms with van der Waals surface area (Å²) in [6.07, 6.45) is 1.19. The van der Waals surface area contributed by atoms with Crippen molar-refractivity contribution in [2.75, 3.05) is 11.9 Å². The van der Waals surface area contributed by atoms with E-state index in [0.29, 0.717) is 0 Å². The van der Waals surface area contributed by atoms with Crippen LogP contribution in [0.15, 0.2) is 28.9 Å². The number of benzene rings is 1. The van der Waals surface area contributed by atoms with E-state index in [1.54, 1.807) is 5.32 Å². The number of ether oxygens (including phenoxy) is 1. The van der Waals surface area contributed by atoms with E-state index in [1.165, 1.54) is 18.4 Å². The second-order valence-electron chi connectivity index (χ2n) is 3.94. The summed E-state index contributed by atoms with van der Waals surface area (Å²) in [7, 11) is 0. The molecule has 0 spiro atoms. The average molecular weight is 317 g/mol. The maximum Gasteiger partial charge on any atom is 0.374 e. The molecular formula is C13H7F4NO4. The third-order valence-corrected chi connectivity index (χ3v) is 2.43. The van der Waals surface area contributed by atoms with Crippen molar-refractivity contribution in [3.05, 3.63) is 53.5 Å². The van der Waals surface area contributed by atoms with Gasteiger partial charge in [-0.3, -0.25) is 4.79 Å². The molecule has 0 aliphatic heterocycles. The number of furan rings is 1. The Morgan fingerprint density at radius 2 is 1.77 bits per heavy atom. The van der Waals surface area contributed by atoms with Crippen LogP contribution in [0.1, 0.15) is 10.6 Å². The van der Waals surface area contributed by atoms with Crippen LogP contribution in [0.25, 0.3) is 0 Å². The molecule has 0 saturated carbocycles. The molecule has 1 aromatic carbocycles. The number of carbonyl (C=O) groups is 2. The lowest BCUT2D eigenvalue weighted by Gasteiger charge is -2.09. The predicted octanol–water partition coefficient (Wildman–Crippen LogP) is 2.63. The van der Waals surface area contributed by atoms with Crippen molar-refractivity contribution in [1.29, 1.82) is 0 Å². The van der Waals surface area contributed by atoms with Gasteiger partial charge < -0.3 is 14.5 Å². The molecule has 0 bridgehead atoms. The Labute approximate surface area is 120 Å². The molecule has 116 valence electrons. The van der Waals surface area contributed by atoms with Crippen LogP contribution >= 0.6 is 0 Å². The molecule has 0 aliphatic carbocycles. The molecule has 0 aliphatic rings. The monoisotopic (exact) mass is 317 g/mol. The molecule has 2 rings (SSSR count). The molecule has 0 radical (unpaired) electrons. The van der Waals surface area contributed by atoms with E-state index in [4.69, 9.17) is 4.42 Å². The zero-order valence-electron chi connectivity index (χ0n) is 10.7. The van der Waals surface area contributed by atoms with E-state index in [-0.39, 0.29) is 11.8 Å². The van der Waals surface area contributed by atoms with Gasteiger partial charge in [-0.25, -0.2) is 22.4 Å². The van der Waals surface area contributed by atoms with E-state index in [1.807, 2.05) is 0 Å². The van der Waals surface area contributed by atoms with Crippen LogP contribution in [0.5, 0.6) is 0 Å². The number of anilines is 1. The number of hydrogen-bond acceptors (Lipinski definition) is 4. The van der Waals surface area contributed by atoms with Gasteiger partial charge in [0.1, 0.15) is 5.69 Å². The van der Waals surface area contributed by atoms with Crippen LogP contribution in [0.3, 0.4) is 0 Å². The average Bonchev–Trinajstić information content (AvgIpc) is 3.01. The second kappa shape index (κ2) is 6.29. The summed E-state index contributed by atoms with van der Waals surface area (Å²) >= 11 is 0. The Balaban J connectivity index is 2.02. The fraction of sp³-hybridized carbons (Fsp3) is 0.0769. The topological polar surface area (TPSA) is 68.5 Å². The largest absolute Gasteiger partial charge is 0.457 e. The minimum absolute atomic E-state index is 0.00272. The van der Waals surface area contributed by atoms with Gasteiger partial charge in [0.05, 0.1) is 6.26 Å². The van der Waals surface area contributed by atoms with Gasteiger partial charge in [-0.15, -0.1) is 0 Å². The first-order valence-electron chi connectivity index (χ1n) is 5.73. The third kappa shape index (κ3) is 3.25. The molecule has 1 aromatic heterocycles. The molecule has 5 nitrogen and oxygen atoms in total. The Bertz CT molecular complexity index is 689.